The van der Waals surface area contributed by atoms with Crippen molar-refractivity contribution >= 4 is 11.7 Å². The normalized spacial score (nSPS) is 9.93. The minimum Gasteiger partial charge on any atom is -0.504 e. The Kier molecular flexibility index (Phi) is 4.56. The Morgan fingerprint density at radius 2 is 2.40 bits per heavy atom. The number of anilines is 1. The van der Waals surface area contributed by atoms with Gasteiger partial charge in [-0.25, -0.2) is 4.98 Å². The Morgan fingerprint density at radius 1 is 1.60 bits per heavy atom. The van der Waals surface area contributed by atoms with Gasteiger partial charge in [0.1, 0.15) is 0 Å². The zero-order valence-corrected chi connectivity index (χ0v) is 8.66. The van der Waals surface area contributed by atoms with Gasteiger partial charge in [-0.2, -0.15) is 0 Å². The van der Waals surface area contributed by atoms with Crippen LogP contribution in [0.3, 0.4) is 0 Å². The topological polar surface area (TPSA) is 74.2 Å². The molecular formula is C10H15N3O2. The number of aromatic hydroxyl groups is 1. The Morgan fingerprint density at radius 3 is 3.07 bits per heavy atom. The van der Waals surface area contributed by atoms with E-state index in [0.717, 1.165) is 13.0 Å². The number of hydrogen-bond donors (Lipinski definition) is 3. The van der Waals surface area contributed by atoms with Crippen molar-refractivity contribution in [2.24, 2.45) is 0 Å². The third-order valence-corrected chi connectivity index (χ3v) is 1.76. The molecule has 0 bridgehead atoms. The van der Waals surface area contributed by atoms with Crippen LogP contribution in [0.25, 0.3) is 0 Å². The predicted octanol–water partition coefficient (Wildman–Crippen LogP) is 0.725. The summed E-state index contributed by atoms with van der Waals surface area (Å²) in [5.41, 5.74) is 0. The van der Waals surface area contributed by atoms with Gasteiger partial charge in [-0.05, 0) is 25.1 Å². The highest BCUT2D eigenvalue weighted by atomic mass is 16.3. The molecule has 0 unspecified atom stereocenters. The van der Waals surface area contributed by atoms with Crippen molar-refractivity contribution in [2.75, 3.05) is 18.4 Å². The van der Waals surface area contributed by atoms with Gasteiger partial charge in [-0.3, -0.25) is 4.79 Å². The lowest BCUT2D eigenvalue weighted by molar-refractivity contribution is -0.115. The van der Waals surface area contributed by atoms with Crippen molar-refractivity contribution in [1.29, 1.82) is 0 Å². The first-order valence-electron chi connectivity index (χ1n) is 4.88. The van der Waals surface area contributed by atoms with E-state index in [4.69, 9.17) is 0 Å². The summed E-state index contributed by atoms with van der Waals surface area (Å²) in [6.07, 6.45) is 2.48. The molecule has 82 valence electrons. The maximum absolute atomic E-state index is 11.3. The van der Waals surface area contributed by atoms with Crippen molar-refractivity contribution in [3.05, 3.63) is 18.3 Å². The summed E-state index contributed by atoms with van der Waals surface area (Å²) in [6.45, 7) is 3.04. The van der Waals surface area contributed by atoms with Crippen LogP contribution >= 0.6 is 0 Å². The van der Waals surface area contributed by atoms with Gasteiger partial charge in [0, 0.05) is 6.20 Å². The predicted molar refractivity (Wildman–Crippen MR) is 57.7 cm³/mol. The SMILES string of the molecule is CCCNCC(=O)Nc1ncccc1O. The lowest BCUT2D eigenvalue weighted by Gasteiger charge is -2.06. The minimum atomic E-state index is -0.211. The molecule has 0 aliphatic heterocycles. The van der Waals surface area contributed by atoms with Gasteiger partial charge in [-0.1, -0.05) is 6.92 Å². The number of aromatic nitrogens is 1. The second-order valence-electron chi connectivity index (χ2n) is 3.10. The van der Waals surface area contributed by atoms with Crippen LogP contribution in [0.15, 0.2) is 18.3 Å². The van der Waals surface area contributed by atoms with Crippen molar-refractivity contribution in [1.82, 2.24) is 10.3 Å². The summed E-state index contributed by atoms with van der Waals surface area (Å²) < 4.78 is 0. The number of carbonyl (C=O) groups is 1. The summed E-state index contributed by atoms with van der Waals surface area (Å²) in [5, 5.41) is 14.8. The van der Waals surface area contributed by atoms with Crippen molar-refractivity contribution < 1.29 is 9.90 Å². The van der Waals surface area contributed by atoms with Gasteiger partial charge in [0.2, 0.25) is 5.91 Å². The molecule has 0 spiro atoms. The zero-order chi connectivity index (χ0) is 11.1. The highest BCUT2D eigenvalue weighted by molar-refractivity contribution is 5.92. The fourth-order valence-electron chi connectivity index (χ4n) is 1.05. The second kappa shape index (κ2) is 5.98. The maximum atomic E-state index is 11.3. The third kappa shape index (κ3) is 3.95. The molecule has 0 atom stereocenters. The lowest BCUT2D eigenvalue weighted by atomic mass is 10.4. The van der Waals surface area contributed by atoms with Crippen LogP contribution in [0.1, 0.15) is 13.3 Å². The van der Waals surface area contributed by atoms with E-state index in [1.54, 1.807) is 6.07 Å². The molecule has 1 amide bonds. The second-order valence-corrected chi connectivity index (χ2v) is 3.10. The molecular weight excluding hydrogens is 194 g/mol. The fourth-order valence-corrected chi connectivity index (χ4v) is 1.05. The van der Waals surface area contributed by atoms with Gasteiger partial charge < -0.3 is 15.7 Å². The van der Waals surface area contributed by atoms with Gasteiger partial charge in [0.25, 0.3) is 0 Å². The quantitative estimate of drug-likeness (QED) is 0.625. The monoisotopic (exact) mass is 209 g/mol. The number of nitrogens with one attached hydrogen (secondary N) is 2. The van der Waals surface area contributed by atoms with Gasteiger partial charge in [0.15, 0.2) is 11.6 Å². The first-order valence-corrected chi connectivity index (χ1v) is 4.88. The molecule has 1 aromatic rings. The fraction of sp³-hybridized carbons (Fsp3) is 0.400. The number of nitrogens with zero attached hydrogens (tertiary/aromatic N) is 1. The summed E-state index contributed by atoms with van der Waals surface area (Å²) in [7, 11) is 0. The first kappa shape index (κ1) is 11.5. The van der Waals surface area contributed by atoms with E-state index in [2.05, 4.69) is 15.6 Å². The molecule has 0 saturated carbocycles. The Labute approximate surface area is 88.5 Å². The van der Waals surface area contributed by atoms with Gasteiger partial charge in [-0.15, -0.1) is 0 Å². The van der Waals surface area contributed by atoms with E-state index in [0.29, 0.717) is 0 Å². The van der Waals surface area contributed by atoms with Crippen molar-refractivity contribution in [3.8, 4) is 5.75 Å². The number of carbonyl (C=O) groups excluding carboxylic acids is 1. The van der Waals surface area contributed by atoms with E-state index in [1.165, 1.54) is 12.3 Å². The number of pyridine rings is 1. The van der Waals surface area contributed by atoms with Crippen LogP contribution in [0.4, 0.5) is 5.82 Å². The number of rotatable bonds is 5. The van der Waals surface area contributed by atoms with Crippen LogP contribution in [-0.2, 0) is 4.79 Å². The van der Waals surface area contributed by atoms with Crippen LogP contribution in [0.2, 0.25) is 0 Å². The molecule has 5 nitrogen and oxygen atoms in total. The van der Waals surface area contributed by atoms with Crippen LogP contribution < -0.4 is 10.6 Å². The molecule has 0 radical (unpaired) electrons. The van der Waals surface area contributed by atoms with E-state index in [9.17, 15) is 9.90 Å². The largest absolute Gasteiger partial charge is 0.504 e. The standard InChI is InChI=1S/C10H15N3O2/c1-2-5-11-7-9(15)13-10-8(14)4-3-6-12-10/h3-4,6,11,14H,2,5,7H2,1H3,(H,12,13,15). The molecule has 0 saturated heterocycles. The van der Waals surface area contributed by atoms with E-state index < -0.39 is 0 Å². The highest BCUT2D eigenvalue weighted by Crippen LogP contribution is 2.17. The van der Waals surface area contributed by atoms with E-state index in [1.807, 2.05) is 6.92 Å². The highest BCUT2D eigenvalue weighted by Gasteiger charge is 2.05. The molecule has 1 heterocycles. The summed E-state index contributed by atoms with van der Waals surface area (Å²) >= 11 is 0. The first-order chi connectivity index (χ1) is 7.24. The van der Waals surface area contributed by atoms with E-state index >= 15 is 0 Å². The molecule has 5 heteroatoms. The zero-order valence-electron chi connectivity index (χ0n) is 8.66. The molecule has 0 aromatic carbocycles. The molecule has 1 aromatic heterocycles. The molecule has 3 N–H and O–H groups in total. The van der Waals surface area contributed by atoms with E-state index in [-0.39, 0.29) is 24.0 Å². The third-order valence-electron chi connectivity index (χ3n) is 1.76. The molecule has 15 heavy (non-hydrogen) atoms. The minimum absolute atomic E-state index is 0.0265. The Hall–Kier alpha value is -1.62. The molecule has 0 aliphatic rings. The lowest BCUT2D eigenvalue weighted by Crippen LogP contribution is -2.28. The van der Waals surface area contributed by atoms with Crippen molar-refractivity contribution in [2.45, 2.75) is 13.3 Å². The molecule has 0 aliphatic carbocycles. The van der Waals surface area contributed by atoms with Gasteiger partial charge >= 0.3 is 0 Å². The van der Waals surface area contributed by atoms with Gasteiger partial charge in [0.05, 0.1) is 6.54 Å². The molecule has 1 rings (SSSR count). The Bertz CT molecular complexity index is 328. The summed E-state index contributed by atoms with van der Waals surface area (Å²) in [6, 6.07) is 3.07. The van der Waals surface area contributed by atoms with Crippen LogP contribution in [0.5, 0.6) is 5.75 Å². The summed E-state index contributed by atoms with van der Waals surface area (Å²) in [5.74, 6) is -0.0420. The number of amides is 1. The average molecular weight is 209 g/mol. The molecule has 0 fully saturated rings. The number of hydrogen-bond acceptors (Lipinski definition) is 4. The maximum Gasteiger partial charge on any atom is 0.239 e. The van der Waals surface area contributed by atoms with Crippen LogP contribution in [-0.4, -0.2) is 29.1 Å². The summed E-state index contributed by atoms with van der Waals surface area (Å²) in [4.78, 5) is 15.2. The smallest absolute Gasteiger partial charge is 0.239 e. The average Bonchev–Trinajstić information content (AvgIpc) is 2.22. The van der Waals surface area contributed by atoms with Crippen molar-refractivity contribution in [3.63, 3.8) is 0 Å². The Balaban J connectivity index is 2.41. The van der Waals surface area contributed by atoms with Crippen LogP contribution in [0, 0.1) is 0 Å².